The predicted molar refractivity (Wildman–Crippen MR) is 115 cm³/mol. The molecule has 0 aliphatic heterocycles. The number of aliphatic hydroxyl groups excluding tert-OH is 1. The first-order chi connectivity index (χ1) is 14.5. The van der Waals surface area contributed by atoms with Gasteiger partial charge in [-0.2, -0.15) is 0 Å². The van der Waals surface area contributed by atoms with Gasteiger partial charge < -0.3 is 14.6 Å². The molecule has 5 atom stereocenters. The molecule has 3 aliphatic carbocycles. The van der Waals surface area contributed by atoms with Gasteiger partial charge in [-0.05, 0) is 97.1 Å². The van der Waals surface area contributed by atoms with Gasteiger partial charge in [0.25, 0.3) is 0 Å². The summed E-state index contributed by atoms with van der Waals surface area (Å²) in [6.45, 7) is 2.30. The number of methoxy groups -OCH3 is 1. The van der Waals surface area contributed by atoms with Crippen LogP contribution in [-0.4, -0.2) is 24.3 Å². The van der Waals surface area contributed by atoms with E-state index < -0.39 is 0 Å². The summed E-state index contributed by atoms with van der Waals surface area (Å²) in [6.07, 6.45) is 6.23. The third-order valence-corrected chi connectivity index (χ3v) is 8.17. The molecular formula is C26H30O4. The van der Waals surface area contributed by atoms with E-state index in [1.54, 1.807) is 19.2 Å². The Labute approximate surface area is 178 Å². The molecule has 0 aromatic heterocycles. The second-order valence-electron chi connectivity index (χ2n) is 9.51. The number of ether oxygens (including phenoxy) is 2. The molecule has 2 fully saturated rings. The summed E-state index contributed by atoms with van der Waals surface area (Å²) in [7, 11) is 1.63. The lowest BCUT2D eigenvalue weighted by Gasteiger charge is -2.50. The summed E-state index contributed by atoms with van der Waals surface area (Å²) >= 11 is 0. The molecule has 5 rings (SSSR count). The quantitative estimate of drug-likeness (QED) is 0.567. The number of benzene rings is 2. The van der Waals surface area contributed by atoms with Crippen LogP contribution in [-0.2, 0) is 6.42 Å². The lowest BCUT2D eigenvalue weighted by Crippen LogP contribution is -2.43. The van der Waals surface area contributed by atoms with Crippen molar-refractivity contribution in [2.24, 2.45) is 17.3 Å². The number of rotatable bonds is 3. The molecule has 2 saturated carbocycles. The molecule has 30 heavy (non-hydrogen) atoms. The van der Waals surface area contributed by atoms with Crippen LogP contribution in [0.15, 0.2) is 42.5 Å². The molecule has 2 aromatic rings. The van der Waals surface area contributed by atoms with Crippen molar-refractivity contribution in [1.82, 2.24) is 0 Å². The smallest absolute Gasteiger partial charge is 0.343 e. The zero-order valence-corrected chi connectivity index (χ0v) is 17.8. The standard InChI is InChI=1S/C26H30O4/c1-26-13-12-18-19(21(26)10-11-24(26)27)9-8-17-14-23(22(29-2)15-20(17)18)30-25(28)16-6-4-3-5-7-16/h3-7,14-15,18-19,21,24,27H,8-13H2,1-2H3/t18-,19+,21-,24-,26-/m0/s1. The Bertz CT molecular complexity index is 953. The number of hydrogen-bond acceptors (Lipinski definition) is 4. The van der Waals surface area contributed by atoms with Crippen molar-refractivity contribution in [3.05, 3.63) is 59.2 Å². The summed E-state index contributed by atoms with van der Waals surface area (Å²) in [5.74, 6) is 2.48. The number of aryl methyl sites for hydroxylation is 1. The Morgan fingerprint density at radius 2 is 1.87 bits per heavy atom. The van der Waals surface area contributed by atoms with Crippen LogP contribution in [0.4, 0.5) is 0 Å². The lowest BCUT2D eigenvalue weighted by molar-refractivity contribution is -0.0226. The van der Waals surface area contributed by atoms with Gasteiger partial charge in [-0.3, -0.25) is 0 Å². The molecular weight excluding hydrogens is 376 g/mol. The number of aliphatic hydroxyl groups is 1. The third-order valence-electron chi connectivity index (χ3n) is 8.17. The molecule has 0 amide bonds. The molecule has 158 valence electrons. The summed E-state index contributed by atoms with van der Waals surface area (Å²) in [6, 6.07) is 13.2. The van der Waals surface area contributed by atoms with Crippen LogP contribution in [0.2, 0.25) is 0 Å². The van der Waals surface area contributed by atoms with Crippen LogP contribution in [0.5, 0.6) is 11.5 Å². The molecule has 2 aromatic carbocycles. The fourth-order valence-electron chi connectivity index (χ4n) is 6.52. The van der Waals surface area contributed by atoms with Crippen molar-refractivity contribution in [3.8, 4) is 11.5 Å². The van der Waals surface area contributed by atoms with Crippen LogP contribution in [0, 0.1) is 17.3 Å². The summed E-state index contributed by atoms with van der Waals surface area (Å²) < 4.78 is 11.4. The van der Waals surface area contributed by atoms with Crippen LogP contribution in [0.1, 0.15) is 66.4 Å². The predicted octanol–water partition coefficient (Wildman–Crippen LogP) is 5.13. The van der Waals surface area contributed by atoms with Crippen molar-refractivity contribution in [1.29, 1.82) is 0 Å². The molecule has 0 unspecified atom stereocenters. The van der Waals surface area contributed by atoms with Gasteiger partial charge in [-0.1, -0.05) is 25.1 Å². The van der Waals surface area contributed by atoms with E-state index in [2.05, 4.69) is 13.0 Å². The summed E-state index contributed by atoms with van der Waals surface area (Å²) in [5, 5.41) is 10.6. The van der Waals surface area contributed by atoms with Crippen molar-refractivity contribution in [2.45, 2.75) is 57.5 Å². The second kappa shape index (κ2) is 7.42. The maximum atomic E-state index is 12.6. The Morgan fingerprint density at radius 3 is 2.63 bits per heavy atom. The Kier molecular flexibility index (Phi) is 4.85. The minimum atomic E-state index is -0.365. The number of carbonyl (C=O) groups excluding carboxylic acids is 1. The summed E-state index contributed by atoms with van der Waals surface area (Å²) in [5.41, 5.74) is 3.23. The average Bonchev–Trinajstić information content (AvgIpc) is 3.08. The number of esters is 1. The highest BCUT2D eigenvalue weighted by molar-refractivity contribution is 5.91. The van der Waals surface area contributed by atoms with E-state index in [1.807, 2.05) is 24.3 Å². The monoisotopic (exact) mass is 406 g/mol. The maximum absolute atomic E-state index is 12.6. The van der Waals surface area contributed by atoms with Crippen molar-refractivity contribution in [2.75, 3.05) is 7.11 Å². The first-order valence-electron chi connectivity index (χ1n) is 11.2. The molecule has 4 nitrogen and oxygen atoms in total. The van der Waals surface area contributed by atoms with E-state index >= 15 is 0 Å². The minimum absolute atomic E-state index is 0.0773. The van der Waals surface area contributed by atoms with E-state index in [0.29, 0.717) is 34.8 Å². The molecule has 0 radical (unpaired) electrons. The van der Waals surface area contributed by atoms with Gasteiger partial charge in [0.1, 0.15) is 0 Å². The minimum Gasteiger partial charge on any atom is -0.493 e. The largest absolute Gasteiger partial charge is 0.493 e. The van der Waals surface area contributed by atoms with E-state index in [-0.39, 0.29) is 17.5 Å². The summed E-state index contributed by atoms with van der Waals surface area (Å²) in [4.78, 5) is 12.6. The SMILES string of the molecule is COc1cc2c(cc1OC(=O)c1ccccc1)CC[C@@H]1[C@@H]2CC[C@]2(C)[C@@H](O)CC[C@@H]12. The first kappa shape index (κ1) is 19.6. The molecule has 0 heterocycles. The van der Waals surface area contributed by atoms with Crippen LogP contribution >= 0.6 is 0 Å². The highest BCUT2D eigenvalue weighted by atomic mass is 16.6. The highest BCUT2D eigenvalue weighted by Gasteiger charge is 2.54. The molecule has 0 bridgehead atoms. The van der Waals surface area contributed by atoms with Crippen molar-refractivity contribution >= 4 is 5.97 Å². The van der Waals surface area contributed by atoms with Crippen LogP contribution in [0.3, 0.4) is 0 Å². The van der Waals surface area contributed by atoms with E-state index in [9.17, 15) is 9.90 Å². The zero-order valence-electron chi connectivity index (χ0n) is 17.8. The molecule has 3 aliphatic rings. The molecule has 0 saturated heterocycles. The average molecular weight is 407 g/mol. The Balaban J connectivity index is 1.44. The first-order valence-corrected chi connectivity index (χ1v) is 11.2. The molecule has 4 heteroatoms. The van der Waals surface area contributed by atoms with Gasteiger partial charge in [-0.25, -0.2) is 4.79 Å². The maximum Gasteiger partial charge on any atom is 0.343 e. The van der Waals surface area contributed by atoms with E-state index in [0.717, 1.165) is 38.5 Å². The van der Waals surface area contributed by atoms with Gasteiger partial charge in [0.2, 0.25) is 0 Å². The Hall–Kier alpha value is -2.33. The number of hydrogen-bond donors (Lipinski definition) is 1. The van der Waals surface area contributed by atoms with Gasteiger partial charge in [0, 0.05) is 0 Å². The fourth-order valence-corrected chi connectivity index (χ4v) is 6.52. The third kappa shape index (κ3) is 3.04. The topological polar surface area (TPSA) is 55.8 Å². The lowest BCUT2D eigenvalue weighted by atomic mass is 9.55. The fraction of sp³-hybridized carbons (Fsp3) is 0.500. The van der Waals surface area contributed by atoms with Crippen LogP contribution in [0.25, 0.3) is 0 Å². The second-order valence-corrected chi connectivity index (χ2v) is 9.51. The Morgan fingerprint density at radius 1 is 1.07 bits per heavy atom. The zero-order chi connectivity index (χ0) is 20.9. The van der Waals surface area contributed by atoms with E-state index in [1.165, 1.54) is 11.1 Å². The molecule has 1 N–H and O–H groups in total. The van der Waals surface area contributed by atoms with Crippen molar-refractivity contribution in [3.63, 3.8) is 0 Å². The highest BCUT2D eigenvalue weighted by Crippen LogP contribution is 2.61. The van der Waals surface area contributed by atoms with Crippen molar-refractivity contribution < 1.29 is 19.4 Å². The number of fused-ring (bicyclic) bond motifs is 5. The molecule has 0 spiro atoms. The normalized spacial score (nSPS) is 32.0. The van der Waals surface area contributed by atoms with Gasteiger partial charge >= 0.3 is 5.97 Å². The number of carbonyl (C=O) groups is 1. The van der Waals surface area contributed by atoms with E-state index in [4.69, 9.17) is 9.47 Å². The van der Waals surface area contributed by atoms with Gasteiger partial charge in [0.05, 0.1) is 18.8 Å². The van der Waals surface area contributed by atoms with Gasteiger partial charge in [-0.15, -0.1) is 0 Å². The van der Waals surface area contributed by atoms with Crippen LogP contribution < -0.4 is 9.47 Å². The van der Waals surface area contributed by atoms with Gasteiger partial charge in [0.15, 0.2) is 11.5 Å².